The lowest BCUT2D eigenvalue weighted by atomic mass is 9.95. The number of nitrogens with zero attached hydrogens (tertiary/aromatic N) is 3. The number of rotatable bonds is 9. The van der Waals surface area contributed by atoms with E-state index >= 15 is 0 Å². The maximum Gasteiger partial charge on any atom is 0.338 e. The summed E-state index contributed by atoms with van der Waals surface area (Å²) in [5.41, 5.74) is 2.69. The Kier molecular flexibility index (Phi) is 8.43. The van der Waals surface area contributed by atoms with E-state index in [-0.39, 0.29) is 6.61 Å². The third-order valence-electron chi connectivity index (χ3n) is 5.68. The van der Waals surface area contributed by atoms with Gasteiger partial charge in [-0.15, -0.1) is 0 Å². The molecule has 11 heteroatoms. The molecule has 190 valence electrons. The number of methoxy groups -OCH3 is 1. The first-order chi connectivity index (χ1) is 17.3. The first-order valence-electron chi connectivity index (χ1n) is 11.3. The third-order valence-corrected chi connectivity index (χ3v) is 7.01. The molecule has 1 aromatic heterocycles. The summed E-state index contributed by atoms with van der Waals surface area (Å²) in [6, 6.07) is 8.44. The van der Waals surface area contributed by atoms with E-state index in [2.05, 4.69) is 31.3 Å². The Morgan fingerprint density at radius 1 is 1.22 bits per heavy atom. The number of carbonyl (C=O) groups is 1. The van der Waals surface area contributed by atoms with Gasteiger partial charge in [0.05, 0.1) is 33.8 Å². The van der Waals surface area contributed by atoms with Gasteiger partial charge in [-0.05, 0) is 64.7 Å². The van der Waals surface area contributed by atoms with E-state index in [9.17, 15) is 4.79 Å². The van der Waals surface area contributed by atoms with Crippen LogP contribution in [0.15, 0.2) is 52.4 Å². The van der Waals surface area contributed by atoms with Crippen LogP contribution in [0.25, 0.3) is 0 Å². The molecule has 8 nitrogen and oxygen atoms in total. The van der Waals surface area contributed by atoms with Crippen molar-refractivity contribution in [3.8, 4) is 11.5 Å². The zero-order valence-corrected chi connectivity index (χ0v) is 23.1. The molecule has 2 heterocycles. The van der Waals surface area contributed by atoms with Gasteiger partial charge in [-0.1, -0.05) is 42.6 Å². The van der Waals surface area contributed by atoms with E-state index in [1.54, 1.807) is 23.9 Å². The summed E-state index contributed by atoms with van der Waals surface area (Å²) in [6.45, 7) is 4.46. The number of aromatic nitrogens is 3. The average Bonchev–Trinajstić information content (AvgIpc) is 3.32. The molecule has 0 radical (unpaired) electrons. The molecule has 0 fully saturated rings. The second kappa shape index (κ2) is 11.5. The lowest BCUT2D eigenvalue weighted by Gasteiger charge is -2.29. The summed E-state index contributed by atoms with van der Waals surface area (Å²) < 4.78 is 19.6. The molecule has 0 amide bonds. The summed E-state index contributed by atoms with van der Waals surface area (Å²) in [4.78, 5) is 17.4. The Bertz CT molecular complexity index is 1310. The van der Waals surface area contributed by atoms with Crippen LogP contribution < -0.4 is 14.8 Å². The maximum atomic E-state index is 13.1. The molecule has 36 heavy (non-hydrogen) atoms. The van der Waals surface area contributed by atoms with E-state index in [0.29, 0.717) is 49.8 Å². The number of anilines is 1. The summed E-state index contributed by atoms with van der Waals surface area (Å²) in [5.74, 6) is 1.11. The van der Waals surface area contributed by atoms with Crippen molar-refractivity contribution < 1.29 is 19.0 Å². The number of fused-ring (bicyclic) bond motifs is 1. The van der Waals surface area contributed by atoms with Gasteiger partial charge in [0.1, 0.15) is 19.0 Å². The van der Waals surface area contributed by atoms with Crippen LogP contribution in [-0.2, 0) is 16.1 Å². The van der Waals surface area contributed by atoms with Gasteiger partial charge in [-0.3, -0.25) is 0 Å². The number of esters is 1. The highest BCUT2D eigenvalue weighted by Gasteiger charge is 2.35. The van der Waals surface area contributed by atoms with Crippen molar-refractivity contribution in [3.05, 3.63) is 73.6 Å². The second-order valence-corrected chi connectivity index (χ2v) is 9.82. The average molecular weight is 596 g/mol. The number of unbranched alkanes of at least 4 members (excludes halogenated alkanes) is 1. The van der Waals surface area contributed by atoms with E-state index in [4.69, 9.17) is 37.4 Å². The number of halogens is 3. The molecule has 1 N–H and O–H groups in total. The molecule has 0 saturated heterocycles. The van der Waals surface area contributed by atoms with Crippen LogP contribution in [0.4, 0.5) is 5.95 Å². The largest absolute Gasteiger partial charge is 0.493 e. The zero-order chi connectivity index (χ0) is 25.8. The quantitative estimate of drug-likeness (QED) is 0.221. The Labute approximate surface area is 227 Å². The third kappa shape index (κ3) is 5.48. The lowest BCUT2D eigenvalue weighted by molar-refractivity contribution is -0.139. The monoisotopic (exact) mass is 594 g/mol. The predicted molar refractivity (Wildman–Crippen MR) is 142 cm³/mol. The lowest BCUT2D eigenvalue weighted by Crippen LogP contribution is -2.30. The Balaban J connectivity index is 1.69. The van der Waals surface area contributed by atoms with Crippen LogP contribution in [-0.4, -0.2) is 34.5 Å². The molecule has 0 saturated carbocycles. The number of nitrogens with one attached hydrogen (secondary N) is 1. The molecule has 3 aromatic rings. The van der Waals surface area contributed by atoms with Gasteiger partial charge in [-0.2, -0.15) is 10.1 Å². The predicted octanol–water partition coefficient (Wildman–Crippen LogP) is 6.57. The van der Waals surface area contributed by atoms with Crippen molar-refractivity contribution in [2.24, 2.45) is 0 Å². The molecular formula is C25H25BrCl2N4O4. The highest BCUT2D eigenvalue weighted by Crippen LogP contribution is 2.43. The van der Waals surface area contributed by atoms with Crippen molar-refractivity contribution >= 4 is 51.0 Å². The van der Waals surface area contributed by atoms with Gasteiger partial charge in [-0.25, -0.2) is 9.48 Å². The summed E-state index contributed by atoms with van der Waals surface area (Å²) in [6.07, 6.45) is 3.15. The van der Waals surface area contributed by atoms with Crippen LogP contribution >= 0.6 is 39.1 Å². The van der Waals surface area contributed by atoms with E-state index in [1.165, 1.54) is 6.33 Å². The number of ether oxygens (including phenoxy) is 3. The number of hydrogen-bond donors (Lipinski definition) is 1. The molecule has 2 aromatic carbocycles. The first kappa shape index (κ1) is 26.3. The molecule has 1 unspecified atom stereocenters. The molecule has 1 aliphatic rings. The summed E-state index contributed by atoms with van der Waals surface area (Å²) in [5, 5.41) is 8.44. The van der Waals surface area contributed by atoms with Crippen LogP contribution in [0.3, 0.4) is 0 Å². The number of allylic oxidation sites excluding steroid dienone is 1. The second-order valence-electron chi connectivity index (χ2n) is 8.16. The van der Waals surface area contributed by atoms with Crippen molar-refractivity contribution in [2.75, 3.05) is 19.0 Å². The highest BCUT2D eigenvalue weighted by atomic mass is 79.9. The zero-order valence-electron chi connectivity index (χ0n) is 20.0. The molecular weight excluding hydrogens is 571 g/mol. The number of benzene rings is 2. The molecule has 0 aliphatic carbocycles. The van der Waals surface area contributed by atoms with Gasteiger partial charge >= 0.3 is 5.97 Å². The fourth-order valence-corrected chi connectivity index (χ4v) is 4.77. The minimum Gasteiger partial charge on any atom is -0.493 e. The van der Waals surface area contributed by atoms with Crippen LogP contribution in [0, 0.1) is 0 Å². The molecule has 4 rings (SSSR count). The van der Waals surface area contributed by atoms with Crippen LogP contribution in [0.5, 0.6) is 11.5 Å². The molecule has 1 atom stereocenters. The fraction of sp³-hybridized carbons (Fsp3) is 0.320. The van der Waals surface area contributed by atoms with E-state index in [1.807, 2.05) is 32.0 Å². The summed E-state index contributed by atoms with van der Waals surface area (Å²) >= 11 is 15.8. The number of hydrogen-bond acceptors (Lipinski definition) is 7. The molecule has 1 aliphatic heterocycles. The van der Waals surface area contributed by atoms with Gasteiger partial charge in [0.2, 0.25) is 5.95 Å². The summed E-state index contributed by atoms with van der Waals surface area (Å²) in [7, 11) is 1.56. The minimum atomic E-state index is -0.577. The fourth-order valence-electron chi connectivity index (χ4n) is 3.87. The van der Waals surface area contributed by atoms with Crippen molar-refractivity contribution in [1.29, 1.82) is 0 Å². The van der Waals surface area contributed by atoms with Crippen LogP contribution in [0.2, 0.25) is 10.0 Å². The minimum absolute atomic E-state index is 0.250. The molecule has 0 bridgehead atoms. The van der Waals surface area contributed by atoms with Crippen molar-refractivity contribution in [1.82, 2.24) is 14.8 Å². The SMILES string of the molecule is CCCCOC(=O)C1=C(C)Nc2ncnn2C1c1cc(Br)c(OCc2ccc(Cl)c(Cl)c2)c(OC)c1. The van der Waals surface area contributed by atoms with Gasteiger partial charge in [0, 0.05) is 5.70 Å². The molecule has 0 spiro atoms. The Morgan fingerprint density at radius 3 is 2.75 bits per heavy atom. The Hall–Kier alpha value is -2.75. The number of carbonyl (C=O) groups excluding carboxylic acids is 1. The topological polar surface area (TPSA) is 87.5 Å². The highest BCUT2D eigenvalue weighted by molar-refractivity contribution is 9.10. The maximum absolute atomic E-state index is 13.1. The van der Waals surface area contributed by atoms with Gasteiger partial charge in [0.15, 0.2) is 11.5 Å². The normalized spacial score (nSPS) is 14.8. The Morgan fingerprint density at radius 2 is 2.03 bits per heavy atom. The van der Waals surface area contributed by atoms with Crippen molar-refractivity contribution in [2.45, 2.75) is 39.3 Å². The van der Waals surface area contributed by atoms with E-state index < -0.39 is 12.0 Å². The standard InChI is InChI=1S/C25H25BrCl2N4O4/c1-4-5-8-35-24(33)21-14(2)31-25-29-13-30-32(25)22(21)16-10-17(26)23(20(11-16)34-3)36-12-15-6-7-18(27)19(28)9-15/h6-7,9-11,13,22H,4-5,8,12H2,1-3H3,(H,29,30,31). The van der Waals surface area contributed by atoms with Gasteiger partial charge < -0.3 is 19.5 Å². The first-order valence-corrected chi connectivity index (χ1v) is 12.9. The van der Waals surface area contributed by atoms with Crippen LogP contribution in [0.1, 0.15) is 43.9 Å². The van der Waals surface area contributed by atoms with Gasteiger partial charge in [0.25, 0.3) is 0 Å². The smallest absolute Gasteiger partial charge is 0.338 e. The van der Waals surface area contributed by atoms with Crippen molar-refractivity contribution in [3.63, 3.8) is 0 Å². The van der Waals surface area contributed by atoms with E-state index in [0.717, 1.165) is 24.0 Å².